The summed E-state index contributed by atoms with van der Waals surface area (Å²) >= 11 is 1.88. The molecule has 0 spiro atoms. The predicted molar refractivity (Wildman–Crippen MR) is 82.7 cm³/mol. The maximum Gasteiger partial charge on any atom is 0.0941 e. The molecule has 2 atom stereocenters. The van der Waals surface area contributed by atoms with E-state index < -0.39 is 0 Å². The molecule has 3 rings (SSSR count). The van der Waals surface area contributed by atoms with Crippen molar-refractivity contribution in [3.63, 3.8) is 0 Å². The first-order valence-corrected chi connectivity index (χ1v) is 8.18. The molecule has 0 saturated heterocycles. The summed E-state index contributed by atoms with van der Waals surface area (Å²) in [5, 5.41) is 4.79. The van der Waals surface area contributed by atoms with E-state index in [2.05, 4.69) is 36.6 Å². The van der Waals surface area contributed by atoms with E-state index in [1.807, 2.05) is 11.3 Å². The fraction of sp³-hybridized carbons (Fsp3) is 0.562. The van der Waals surface area contributed by atoms with Crippen LogP contribution in [0.1, 0.15) is 37.1 Å². The van der Waals surface area contributed by atoms with E-state index in [1.54, 1.807) is 0 Å². The SMILES string of the molecule is CNC1CCCCC(Cc2nc3ccccc3s2)C1. The van der Waals surface area contributed by atoms with E-state index in [1.165, 1.54) is 47.3 Å². The van der Waals surface area contributed by atoms with Gasteiger partial charge < -0.3 is 5.32 Å². The van der Waals surface area contributed by atoms with Crippen LogP contribution in [-0.4, -0.2) is 18.1 Å². The molecule has 0 bridgehead atoms. The maximum atomic E-state index is 4.79. The number of nitrogens with one attached hydrogen (secondary N) is 1. The van der Waals surface area contributed by atoms with Crippen molar-refractivity contribution in [3.8, 4) is 0 Å². The Bertz CT molecular complexity index is 501. The summed E-state index contributed by atoms with van der Waals surface area (Å²) in [6.07, 6.45) is 7.94. The summed E-state index contributed by atoms with van der Waals surface area (Å²) in [5.74, 6) is 0.806. The monoisotopic (exact) mass is 274 g/mol. The highest BCUT2D eigenvalue weighted by Crippen LogP contribution is 2.29. The Balaban J connectivity index is 1.72. The Labute approximate surface area is 119 Å². The van der Waals surface area contributed by atoms with Crippen LogP contribution in [0.4, 0.5) is 0 Å². The minimum atomic E-state index is 0.710. The third kappa shape index (κ3) is 3.15. The normalized spacial score (nSPS) is 24.5. The van der Waals surface area contributed by atoms with E-state index >= 15 is 0 Å². The van der Waals surface area contributed by atoms with Crippen molar-refractivity contribution >= 4 is 21.6 Å². The van der Waals surface area contributed by atoms with Crippen molar-refractivity contribution in [1.29, 1.82) is 0 Å². The number of hydrogen-bond donors (Lipinski definition) is 1. The average Bonchev–Trinajstić information content (AvgIpc) is 2.69. The van der Waals surface area contributed by atoms with Gasteiger partial charge in [0.2, 0.25) is 0 Å². The van der Waals surface area contributed by atoms with Gasteiger partial charge >= 0.3 is 0 Å². The van der Waals surface area contributed by atoms with Crippen LogP contribution in [-0.2, 0) is 6.42 Å². The summed E-state index contributed by atoms with van der Waals surface area (Å²) < 4.78 is 1.33. The zero-order valence-electron chi connectivity index (χ0n) is 11.6. The Morgan fingerprint density at radius 1 is 1.26 bits per heavy atom. The fourth-order valence-electron chi connectivity index (χ4n) is 3.16. The molecule has 2 aromatic rings. The van der Waals surface area contributed by atoms with Gasteiger partial charge in [0.15, 0.2) is 0 Å². The van der Waals surface area contributed by atoms with Crippen LogP contribution in [0, 0.1) is 5.92 Å². The summed E-state index contributed by atoms with van der Waals surface area (Å²) in [7, 11) is 2.10. The van der Waals surface area contributed by atoms with Crippen LogP contribution in [0.15, 0.2) is 24.3 Å². The highest BCUT2D eigenvalue weighted by Gasteiger charge is 2.20. The third-order valence-corrected chi connectivity index (χ3v) is 5.30. The van der Waals surface area contributed by atoms with E-state index in [0.29, 0.717) is 6.04 Å². The van der Waals surface area contributed by atoms with Crippen molar-refractivity contribution in [3.05, 3.63) is 29.3 Å². The van der Waals surface area contributed by atoms with Crippen molar-refractivity contribution in [2.24, 2.45) is 5.92 Å². The number of fused-ring (bicyclic) bond motifs is 1. The molecule has 19 heavy (non-hydrogen) atoms. The van der Waals surface area contributed by atoms with E-state index in [4.69, 9.17) is 4.98 Å². The number of thiazole rings is 1. The van der Waals surface area contributed by atoms with Crippen LogP contribution >= 0.6 is 11.3 Å². The van der Waals surface area contributed by atoms with Gasteiger partial charge in [-0.3, -0.25) is 0 Å². The highest BCUT2D eigenvalue weighted by atomic mass is 32.1. The second-order valence-electron chi connectivity index (χ2n) is 5.65. The summed E-state index contributed by atoms with van der Waals surface area (Å²) in [5.41, 5.74) is 1.17. The molecule has 0 amide bonds. The Morgan fingerprint density at radius 2 is 2.11 bits per heavy atom. The minimum Gasteiger partial charge on any atom is -0.317 e. The quantitative estimate of drug-likeness (QED) is 0.856. The van der Waals surface area contributed by atoms with Gasteiger partial charge in [-0.25, -0.2) is 4.98 Å². The third-order valence-electron chi connectivity index (χ3n) is 4.24. The minimum absolute atomic E-state index is 0.710. The maximum absolute atomic E-state index is 4.79. The smallest absolute Gasteiger partial charge is 0.0941 e. The van der Waals surface area contributed by atoms with Crippen molar-refractivity contribution in [1.82, 2.24) is 10.3 Å². The lowest BCUT2D eigenvalue weighted by Crippen LogP contribution is -2.26. The number of rotatable bonds is 3. The van der Waals surface area contributed by atoms with E-state index in [-0.39, 0.29) is 0 Å². The molecule has 0 aliphatic heterocycles. The molecular formula is C16H22N2S. The van der Waals surface area contributed by atoms with Gasteiger partial charge in [0.25, 0.3) is 0 Å². The van der Waals surface area contributed by atoms with Gasteiger partial charge in [-0.1, -0.05) is 25.0 Å². The number of para-hydroxylation sites is 1. The zero-order chi connectivity index (χ0) is 13.1. The molecule has 1 aromatic carbocycles. The van der Waals surface area contributed by atoms with Crippen LogP contribution in [0.2, 0.25) is 0 Å². The second kappa shape index (κ2) is 6.02. The van der Waals surface area contributed by atoms with Gasteiger partial charge in [0.05, 0.1) is 15.2 Å². The first kappa shape index (κ1) is 13.1. The highest BCUT2D eigenvalue weighted by molar-refractivity contribution is 7.18. The summed E-state index contributed by atoms with van der Waals surface area (Å²) in [6, 6.07) is 9.20. The lowest BCUT2D eigenvalue weighted by atomic mass is 9.95. The standard InChI is InChI=1S/C16H22N2S/c1-17-13-7-3-2-6-12(10-13)11-16-18-14-8-4-5-9-15(14)19-16/h4-5,8-9,12-13,17H,2-3,6-7,10-11H2,1H3. The van der Waals surface area contributed by atoms with Gasteiger partial charge in [-0.2, -0.15) is 0 Å². The Kier molecular flexibility index (Phi) is 4.14. The molecule has 3 heteroatoms. The molecule has 1 aliphatic carbocycles. The first-order valence-electron chi connectivity index (χ1n) is 7.37. The molecule has 102 valence electrons. The van der Waals surface area contributed by atoms with Gasteiger partial charge in [0.1, 0.15) is 0 Å². The predicted octanol–water partition coefficient (Wildman–Crippen LogP) is 4.01. The van der Waals surface area contributed by atoms with Gasteiger partial charge in [-0.05, 0) is 44.4 Å². The average molecular weight is 274 g/mol. The van der Waals surface area contributed by atoms with Crippen molar-refractivity contribution < 1.29 is 0 Å². The van der Waals surface area contributed by atoms with Crippen LogP contribution in [0.3, 0.4) is 0 Å². The largest absolute Gasteiger partial charge is 0.317 e. The lowest BCUT2D eigenvalue weighted by Gasteiger charge is -2.18. The molecule has 1 aliphatic rings. The first-order chi connectivity index (χ1) is 9.35. The van der Waals surface area contributed by atoms with Crippen LogP contribution in [0.25, 0.3) is 10.2 Å². The fourth-order valence-corrected chi connectivity index (χ4v) is 4.25. The number of benzene rings is 1. The van der Waals surface area contributed by atoms with Crippen LogP contribution in [0.5, 0.6) is 0 Å². The Morgan fingerprint density at radius 3 is 2.95 bits per heavy atom. The molecule has 1 saturated carbocycles. The number of aromatic nitrogens is 1. The lowest BCUT2D eigenvalue weighted by molar-refractivity contribution is 0.400. The molecule has 1 N–H and O–H groups in total. The topological polar surface area (TPSA) is 24.9 Å². The molecule has 1 aromatic heterocycles. The Hall–Kier alpha value is -0.930. The van der Waals surface area contributed by atoms with E-state index in [0.717, 1.165) is 12.3 Å². The molecule has 2 unspecified atom stereocenters. The van der Waals surface area contributed by atoms with Crippen molar-refractivity contribution in [2.75, 3.05) is 7.05 Å². The number of hydrogen-bond acceptors (Lipinski definition) is 3. The molecule has 1 heterocycles. The van der Waals surface area contributed by atoms with Crippen molar-refractivity contribution in [2.45, 2.75) is 44.6 Å². The van der Waals surface area contributed by atoms with E-state index in [9.17, 15) is 0 Å². The molecule has 2 nitrogen and oxygen atoms in total. The van der Waals surface area contributed by atoms with Gasteiger partial charge in [0, 0.05) is 12.5 Å². The molecule has 1 fully saturated rings. The number of nitrogens with zero attached hydrogens (tertiary/aromatic N) is 1. The van der Waals surface area contributed by atoms with Gasteiger partial charge in [-0.15, -0.1) is 11.3 Å². The summed E-state index contributed by atoms with van der Waals surface area (Å²) in [6.45, 7) is 0. The zero-order valence-corrected chi connectivity index (χ0v) is 12.4. The molecular weight excluding hydrogens is 252 g/mol. The molecule has 0 radical (unpaired) electrons. The summed E-state index contributed by atoms with van der Waals surface area (Å²) in [4.78, 5) is 4.79. The van der Waals surface area contributed by atoms with Crippen LogP contribution < -0.4 is 5.32 Å². The second-order valence-corrected chi connectivity index (χ2v) is 6.77.